The predicted octanol–water partition coefficient (Wildman–Crippen LogP) is 3.04. The lowest BCUT2D eigenvalue weighted by Crippen LogP contribution is -2.11. The summed E-state index contributed by atoms with van der Waals surface area (Å²) in [7, 11) is 2.97. The van der Waals surface area contributed by atoms with Crippen LogP contribution in [0.15, 0.2) is 36.4 Å². The Labute approximate surface area is 150 Å². The zero-order chi connectivity index (χ0) is 18.7. The van der Waals surface area contributed by atoms with Gasteiger partial charge in [0.25, 0.3) is 0 Å². The highest BCUT2D eigenvalue weighted by atomic mass is 16.5. The fourth-order valence-corrected chi connectivity index (χ4v) is 3.07. The van der Waals surface area contributed by atoms with Gasteiger partial charge in [-0.3, -0.25) is 4.79 Å². The Kier molecular flexibility index (Phi) is 4.93. The Morgan fingerprint density at radius 1 is 1.08 bits per heavy atom. The van der Waals surface area contributed by atoms with Crippen LogP contribution in [0.2, 0.25) is 0 Å². The number of ether oxygens (including phenoxy) is 3. The molecule has 0 aromatic heterocycles. The molecule has 0 radical (unpaired) electrons. The molecule has 0 fully saturated rings. The second-order valence-corrected chi connectivity index (χ2v) is 5.77. The van der Waals surface area contributed by atoms with Crippen molar-refractivity contribution in [2.24, 2.45) is 0 Å². The molecule has 1 heterocycles. The number of aromatic hydroxyl groups is 1. The number of fused-ring (bicyclic) bond motifs is 1. The van der Waals surface area contributed by atoms with Crippen molar-refractivity contribution in [3.05, 3.63) is 53.1 Å². The van der Waals surface area contributed by atoms with Crippen molar-refractivity contribution in [1.29, 1.82) is 0 Å². The van der Waals surface area contributed by atoms with Gasteiger partial charge >= 0.3 is 0 Å². The maximum Gasteiger partial charge on any atom is 0.166 e. The Bertz CT molecular complexity index is 871. The Balaban J connectivity index is 2.07. The molecule has 26 heavy (non-hydrogen) atoms. The van der Waals surface area contributed by atoms with Crippen molar-refractivity contribution in [3.8, 4) is 23.0 Å². The number of hydrogen-bond donors (Lipinski definition) is 1. The topological polar surface area (TPSA) is 82.1 Å². The summed E-state index contributed by atoms with van der Waals surface area (Å²) in [5, 5.41) is 9.78. The fourth-order valence-electron chi connectivity index (χ4n) is 3.07. The molecule has 2 aromatic rings. The number of allylic oxidation sites excluding steroid dienone is 1. The number of hydrogen-bond acceptors (Lipinski definition) is 6. The second-order valence-electron chi connectivity index (χ2n) is 5.77. The van der Waals surface area contributed by atoms with E-state index in [0.717, 1.165) is 11.8 Å². The normalized spacial score (nSPS) is 18.2. The smallest absolute Gasteiger partial charge is 0.166 e. The predicted molar refractivity (Wildman–Crippen MR) is 94.9 cm³/mol. The molecule has 0 amide bonds. The second kappa shape index (κ2) is 7.31. The van der Waals surface area contributed by atoms with Crippen LogP contribution in [0.4, 0.5) is 0 Å². The van der Waals surface area contributed by atoms with E-state index in [1.165, 1.54) is 26.4 Å². The number of aldehydes is 2. The average molecular weight is 354 g/mol. The zero-order valence-electron chi connectivity index (χ0n) is 14.3. The third-order valence-corrected chi connectivity index (χ3v) is 4.30. The highest BCUT2D eigenvalue weighted by molar-refractivity contribution is 5.77. The van der Waals surface area contributed by atoms with Gasteiger partial charge in [-0.1, -0.05) is 12.1 Å². The van der Waals surface area contributed by atoms with Crippen LogP contribution in [0.25, 0.3) is 6.08 Å². The fraction of sp³-hybridized carbons (Fsp3) is 0.200. The molecule has 0 saturated heterocycles. The van der Waals surface area contributed by atoms with Crippen LogP contribution in [-0.2, 0) is 9.59 Å². The summed E-state index contributed by atoms with van der Waals surface area (Å²) in [6.45, 7) is 0. The maximum absolute atomic E-state index is 11.8. The molecule has 0 aliphatic carbocycles. The summed E-state index contributed by atoms with van der Waals surface area (Å²) in [6, 6.07) is 8.36. The molecule has 6 heteroatoms. The highest BCUT2D eigenvalue weighted by Gasteiger charge is 2.38. The molecular weight excluding hydrogens is 336 g/mol. The van der Waals surface area contributed by atoms with Gasteiger partial charge in [0.1, 0.15) is 18.7 Å². The van der Waals surface area contributed by atoms with Crippen molar-refractivity contribution in [1.82, 2.24) is 0 Å². The first-order valence-corrected chi connectivity index (χ1v) is 7.95. The number of benzene rings is 2. The minimum absolute atomic E-state index is 0.00767. The van der Waals surface area contributed by atoms with E-state index in [0.29, 0.717) is 34.7 Å². The Morgan fingerprint density at radius 3 is 2.50 bits per heavy atom. The van der Waals surface area contributed by atoms with E-state index in [1.807, 2.05) is 0 Å². The highest BCUT2D eigenvalue weighted by Crippen LogP contribution is 2.50. The number of phenolic OH excluding ortho intramolecular Hbond substituents is 1. The molecule has 0 spiro atoms. The summed E-state index contributed by atoms with van der Waals surface area (Å²) in [4.78, 5) is 22.4. The molecule has 0 saturated carbocycles. The van der Waals surface area contributed by atoms with Crippen molar-refractivity contribution in [2.45, 2.75) is 12.0 Å². The average Bonchev–Trinajstić information content (AvgIpc) is 3.04. The lowest BCUT2D eigenvalue weighted by molar-refractivity contribution is -0.110. The molecule has 3 rings (SSSR count). The Morgan fingerprint density at radius 2 is 1.85 bits per heavy atom. The first kappa shape index (κ1) is 17.5. The molecule has 0 bridgehead atoms. The van der Waals surface area contributed by atoms with Crippen molar-refractivity contribution in [2.75, 3.05) is 14.2 Å². The third-order valence-electron chi connectivity index (χ3n) is 4.30. The van der Waals surface area contributed by atoms with Crippen molar-refractivity contribution in [3.63, 3.8) is 0 Å². The van der Waals surface area contributed by atoms with Crippen molar-refractivity contribution >= 4 is 18.6 Å². The van der Waals surface area contributed by atoms with E-state index >= 15 is 0 Å². The van der Waals surface area contributed by atoms with Crippen LogP contribution >= 0.6 is 0 Å². The van der Waals surface area contributed by atoms with E-state index in [9.17, 15) is 14.7 Å². The molecule has 1 aliphatic rings. The third kappa shape index (κ3) is 3.01. The van der Waals surface area contributed by atoms with Gasteiger partial charge in [0.15, 0.2) is 23.0 Å². The Hall–Kier alpha value is -3.28. The minimum Gasteiger partial charge on any atom is -0.504 e. The number of rotatable bonds is 6. The quantitative estimate of drug-likeness (QED) is 0.634. The van der Waals surface area contributed by atoms with Crippen LogP contribution in [0.3, 0.4) is 0 Å². The van der Waals surface area contributed by atoms with Crippen LogP contribution < -0.4 is 14.2 Å². The van der Waals surface area contributed by atoms with Gasteiger partial charge in [-0.2, -0.15) is 0 Å². The molecule has 0 unspecified atom stereocenters. The SMILES string of the molecule is COc1cc([C@H]2Oc3c(OC)cc(/C=C/C=O)cc3[C@@H]2C=O)ccc1O. The molecule has 2 aromatic carbocycles. The van der Waals surface area contributed by atoms with Crippen LogP contribution in [0.5, 0.6) is 23.0 Å². The van der Waals surface area contributed by atoms with E-state index < -0.39 is 12.0 Å². The first-order valence-electron chi connectivity index (χ1n) is 7.95. The molecule has 1 aliphatic heterocycles. The van der Waals surface area contributed by atoms with E-state index in [2.05, 4.69) is 0 Å². The van der Waals surface area contributed by atoms with Gasteiger partial charge in [-0.15, -0.1) is 0 Å². The van der Waals surface area contributed by atoms with Gasteiger partial charge in [-0.05, 0) is 41.5 Å². The molecule has 1 N–H and O–H groups in total. The van der Waals surface area contributed by atoms with E-state index in [4.69, 9.17) is 14.2 Å². The largest absolute Gasteiger partial charge is 0.504 e. The van der Waals surface area contributed by atoms with Crippen LogP contribution in [0.1, 0.15) is 28.7 Å². The lowest BCUT2D eigenvalue weighted by atomic mass is 9.91. The van der Waals surface area contributed by atoms with Gasteiger partial charge in [0.05, 0.1) is 20.1 Å². The summed E-state index contributed by atoms with van der Waals surface area (Å²) >= 11 is 0. The molecule has 134 valence electrons. The van der Waals surface area contributed by atoms with Crippen molar-refractivity contribution < 1.29 is 28.9 Å². The first-order chi connectivity index (χ1) is 12.6. The van der Waals surface area contributed by atoms with Crippen LogP contribution in [-0.4, -0.2) is 31.9 Å². The molecular formula is C20H18O6. The summed E-state index contributed by atoms with van der Waals surface area (Å²) in [6.07, 6.45) is 3.93. The zero-order valence-corrected chi connectivity index (χ0v) is 14.3. The van der Waals surface area contributed by atoms with E-state index in [1.54, 1.807) is 30.3 Å². The minimum atomic E-state index is -0.573. The van der Waals surface area contributed by atoms with Gasteiger partial charge < -0.3 is 24.1 Å². The lowest BCUT2D eigenvalue weighted by Gasteiger charge is -2.16. The molecule has 6 nitrogen and oxygen atoms in total. The van der Waals surface area contributed by atoms with Gasteiger partial charge in [0, 0.05) is 5.56 Å². The number of carbonyl (C=O) groups is 2. The number of phenols is 1. The van der Waals surface area contributed by atoms with Crippen LogP contribution in [0, 0.1) is 0 Å². The monoisotopic (exact) mass is 354 g/mol. The molecule has 2 atom stereocenters. The summed E-state index contributed by atoms with van der Waals surface area (Å²) in [5.41, 5.74) is 2.11. The van der Waals surface area contributed by atoms with Gasteiger partial charge in [0.2, 0.25) is 0 Å². The van der Waals surface area contributed by atoms with Gasteiger partial charge in [-0.25, -0.2) is 0 Å². The number of carbonyl (C=O) groups excluding carboxylic acids is 2. The van der Waals surface area contributed by atoms with E-state index in [-0.39, 0.29) is 5.75 Å². The summed E-state index contributed by atoms with van der Waals surface area (Å²) in [5.74, 6) is 0.720. The number of methoxy groups -OCH3 is 2. The standard InChI is InChI=1S/C20H18O6/c1-24-17-10-13(5-6-16(17)23)19-15(11-22)14-8-12(4-3-7-21)9-18(25-2)20(14)26-19/h3-11,15,19,23H,1-2H3/b4-3+/t15-,19+/m0/s1. The summed E-state index contributed by atoms with van der Waals surface area (Å²) < 4.78 is 16.6. The maximum atomic E-state index is 11.8.